The minimum atomic E-state index is -0.463. The van der Waals surface area contributed by atoms with Gasteiger partial charge in [-0.25, -0.2) is 14.3 Å². The summed E-state index contributed by atoms with van der Waals surface area (Å²) in [6.07, 6.45) is 3.45. The van der Waals surface area contributed by atoms with Crippen LogP contribution in [0.1, 0.15) is 12.8 Å². The number of aromatic nitrogens is 4. The molecule has 2 bridgehead atoms. The predicted octanol–water partition coefficient (Wildman–Crippen LogP) is -0.0105. The van der Waals surface area contributed by atoms with Crippen LogP contribution < -0.4 is 11.1 Å². The molecule has 0 spiro atoms. The van der Waals surface area contributed by atoms with E-state index in [9.17, 15) is 9.59 Å². The molecule has 3 heterocycles. The summed E-state index contributed by atoms with van der Waals surface area (Å²) in [4.78, 5) is 29.4. The van der Waals surface area contributed by atoms with Crippen LogP contribution in [0.25, 0.3) is 5.82 Å². The molecule has 6 heteroatoms. The first-order chi connectivity index (χ1) is 8.29. The van der Waals surface area contributed by atoms with E-state index in [4.69, 9.17) is 0 Å². The molecule has 0 saturated carbocycles. The van der Waals surface area contributed by atoms with Crippen molar-refractivity contribution in [3.05, 3.63) is 45.1 Å². The third kappa shape index (κ3) is 1.44. The van der Waals surface area contributed by atoms with Gasteiger partial charge >= 0.3 is 11.1 Å². The first-order valence-corrected chi connectivity index (χ1v) is 5.63. The molecule has 1 aliphatic rings. The first kappa shape index (κ1) is 10.1. The van der Waals surface area contributed by atoms with E-state index in [1.165, 1.54) is 9.36 Å². The third-order valence-electron chi connectivity index (χ3n) is 2.95. The fourth-order valence-electron chi connectivity index (χ4n) is 2.16. The van der Waals surface area contributed by atoms with Crippen molar-refractivity contribution in [1.29, 1.82) is 0 Å². The maximum absolute atomic E-state index is 11.8. The van der Waals surface area contributed by atoms with Crippen molar-refractivity contribution in [1.82, 2.24) is 19.1 Å². The zero-order chi connectivity index (χ0) is 11.8. The zero-order valence-corrected chi connectivity index (χ0v) is 9.24. The highest BCUT2D eigenvalue weighted by atomic mass is 16.2. The summed E-state index contributed by atoms with van der Waals surface area (Å²) in [5.74, 6) is 0.605. The number of hydrogen-bond donors (Lipinski definition) is 0. The lowest BCUT2D eigenvalue weighted by molar-refractivity contribution is 0.454. The van der Waals surface area contributed by atoms with Crippen molar-refractivity contribution in [2.75, 3.05) is 0 Å². The lowest BCUT2D eigenvalue weighted by Crippen LogP contribution is -2.32. The fraction of sp³-hybridized carbons (Fsp3) is 0.364. The maximum atomic E-state index is 11.8. The van der Waals surface area contributed by atoms with E-state index in [0.717, 1.165) is 12.8 Å². The topological polar surface area (TPSA) is 61.8 Å². The quantitative estimate of drug-likeness (QED) is 0.650. The summed E-state index contributed by atoms with van der Waals surface area (Å²) >= 11 is 0. The Kier molecular flexibility index (Phi) is 2.21. The highest BCUT2D eigenvalue weighted by Gasteiger charge is 2.19. The van der Waals surface area contributed by atoms with Gasteiger partial charge in [0.15, 0.2) is 5.82 Å². The van der Waals surface area contributed by atoms with E-state index in [2.05, 4.69) is 4.98 Å². The van der Waals surface area contributed by atoms with Gasteiger partial charge in [0.25, 0.3) is 0 Å². The Hall–Kier alpha value is -2.11. The molecule has 0 saturated heterocycles. The average Bonchev–Trinajstić information content (AvgIpc) is 2.56. The van der Waals surface area contributed by atoms with Gasteiger partial charge in [0.05, 0.1) is 0 Å². The summed E-state index contributed by atoms with van der Waals surface area (Å²) in [5, 5.41) is 0. The molecule has 0 radical (unpaired) electrons. The smallest absolute Gasteiger partial charge is 0.261 e. The highest BCUT2D eigenvalue weighted by Crippen LogP contribution is 2.07. The van der Waals surface area contributed by atoms with E-state index in [0.29, 0.717) is 18.9 Å². The number of rotatable bonds is 1. The van der Waals surface area contributed by atoms with E-state index in [1.54, 1.807) is 23.1 Å². The van der Waals surface area contributed by atoms with Crippen LogP contribution in [0.15, 0.2) is 34.0 Å². The van der Waals surface area contributed by atoms with Crippen LogP contribution >= 0.6 is 0 Å². The van der Waals surface area contributed by atoms with E-state index < -0.39 is 11.1 Å². The lowest BCUT2D eigenvalue weighted by Gasteiger charge is -2.10. The molecular formula is C11H12N4O2. The van der Waals surface area contributed by atoms with Crippen molar-refractivity contribution >= 4 is 0 Å². The molecule has 0 N–H and O–H groups in total. The van der Waals surface area contributed by atoms with Crippen molar-refractivity contribution in [2.24, 2.45) is 0 Å². The molecule has 0 atom stereocenters. The van der Waals surface area contributed by atoms with Gasteiger partial charge in [-0.1, -0.05) is 6.07 Å². The molecule has 0 amide bonds. The van der Waals surface area contributed by atoms with Gasteiger partial charge in [-0.3, -0.25) is 9.59 Å². The predicted molar refractivity (Wildman–Crippen MR) is 61.3 cm³/mol. The zero-order valence-electron chi connectivity index (χ0n) is 9.24. The van der Waals surface area contributed by atoms with Gasteiger partial charge in [-0.15, -0.1) is 0 Å². The molecule has 17 heavy (non-hydrogen) atoms. The SMILES string of the molecule is O=c1c(=O)n2n(-c3ccccn3)n1CCCC2. The van der Waals surface area contributed by atoms with Gasteiger partial charge in [0.2, 0.25) is 0 Å². The van der Waals surface area contributed by atoms with Crippen molar-refractivity contribution < 1.29 is 0 Å². The molecule has 88 valence electrons. The second kappa shape index (κ2) is 3.73. The number of hydrogen-bond acceptors (Lipinski definition) is 3. The van der Waals surface area contributed by atoms with Gasteiger partial charge < -0.3 is 0 Å². The lowest BCUT2D eigenvalue weighted by atomic mass is 10.3. The Morgan fingerprint density at radius 3 is 2.18 bits per heavy atom. The van der Waals surface area contributed by atoms with E-state index >= 15 is 0 Å². The highest BCUT2D eigenvalue weighted by molar-refractivity contribution is 5.18. The van der Waals surface area contributed by atoms with Gasteiger partial charge in [-0.2, -0.15) is 4.80 Å². The summed E-state index contributed by atoms with van der Waals surface area (Å²) < 4.78 is 2.94. The number of fused-ring (bicyclic) bond motifs is 2. The third-order valence-corrected chi connectivity index (χ3v) is 2.95. The molecule has 2 aromatic rings. The van der Waals surface area contributed by atoms with Crippen molar-refractivity contribution in [2.45, 2.75) is 25.9 Å². The second-order valence-electron chi connectivity index (χ2n) is 4.04. The summed E-state index contributed by atoms with van der Waals surface area (Å²) in [6.45, 7) is 1.13. The minimum Gasteiger partial charge on any atom is -0.261 e. The molecule has 3 rings (SSSR count). The van der Waals surface area contributed by atoms with Crippen LogP contribution in [-0.4, -0.2) is 19.1 Å². The Balaban J connectivity index is 2.34. The Morgan fingerprint density at radius 1 is 1.00 bits per heavy atom. The van der Waals surface area contributed by atoms with Gasteiger partial charge in [0, 0.05) is 19.3 Å². The fourth-order valence-corrected chi connectivity index (χ4v) is 2.16. The first-order valence-electron chi connectivity index (χ1n) is 5.63. The molecule has 0 unspecified atom stereocenters. The summed E-state index contributed by atoms with van der Waals surface area (Å²) in [7, 11) is 0. The normalized spacial score (nSPS) is 14.6. The average molecular weight is 232 g/mol. The van der Waals surface area contributed by atoms with Crippen LogP contribution in [-0.2, 0) is 13.1 Å². The Morgan fingerprint density at radius 2 is 1.65 bits per heavy atom. The van der Waals surface area contributed by atoms with E-state index in [-0.39, 0.29) is 0 Å². The maximum Gasteiger partial charge on any atom is 0.334 e. The van der Waals surface area contributed by atoms with Crippen LogP contribution in [0.5, 0.6) is 0 Å². The number of nitrogens with zero attached hydrogens (tertiary/aromatic N) is 4. The minimum absolute atomic E-state index is 0.463. The molecule has 2 aromatic heterocycles. The van der Waals surface area contributed by atoms with Crippen molar-refractivity contribution in [3.63, 3.8) is 0 Å². The van der Waals surface area contributed by atoms with Crippen molar-refractivity contribution in [3.8, 4) is 5.82 Å². The van der Waals surface area contributed by atoms with Crippen LogP contribution in [0.3, 0.4) is 0 Å². The molecule has 0 fully saturated rings. The molecular weight excluding hydrogens is 220 g/mol. The summed E-state index contributed by atoms with van der Waals surface area (Å²) in [6, 6.07) is 5.43. The van der Waals surface area contributed by atoms with Gasteiger partial charge in [0.1, 0.15) is 0 Å². The van der Waals surface area contributed by atoms with Crippen LogP contribution in [0, 0.1) is 0 Å². The van der Waals surface area contributed by atoms with E-state index in [1.807, 2.05) is 6.07 Å². The van der Waals surface area contributed by atoms with Gasteiger partial charge in [-0.05, 0) is 25.0 Å². The number of pyridine rings is 1. The molecule has 1 aliphatic heterocycles. The monoisotopic (exact) mass is 232 g/mol. The van der Waals surface area contributed by atoms with Crippen LogP contribution in [0.4, 0.5) is 0 Å². The molecule has 0 aliphatic carbocycles. The largest absolute Gasteiger partial charge is 0.334 e. The molecule has 6 nitrogen and oxygen atoms in total. The second-order valence-corrected chi connectivity index (χ2v) is 4.04. The summed E-state index contributed by atoms with van der Waals surface area (Å²) in [5.41, 5.74) is -0.925. The Labute approximate surface area is 96.7 Å². The Bertz CT molecular complexity index is 613. The standard InChI is InChI=1S/C11H12N4O2/c16-10-11(17)14-8-4-3-7-13(10)15(14)9-5-1-2-6-12-9/h1-2,5-6H,3-4,7-8H2. The molecule has 0 aromatic carbocycles. The van der Waals surface area contributed by atoms with Crippen LogP contribution in [0.2, 0.25) is 0 Å².